The molecule has 0 radical (unpaired) electrons. The summed E-state index contributed by atoms with van der Waals surface area (Å²) in [7, 11) is 0. The lowest BCUT2D eigenvalue weighted by Crippen LogP contribution is -2.49. The number of piperazine rings is 1. The molecule has 5 rings (SSSR count). The highest BCUT2D eigenvalue weighted by molar-refractivity contribution is 6.33. The average molecular weight is 507 g/mol. The Morgan fingerprint density at radius 2 is 1.72 bits per heavy atom. The summed E-state index contributed by atoms with van der Waals surface area (Å²) in [6.07, 6.45) is 6.14. The molecular weight excluding hydrogens is 486 g/mol. The highest BCUT2D eigenvalue weighted by Gasteiger charge is 2.26. The summed E-state index contributed by atoms with van der Waals surface area (Å²) >= 11 is 6.39. The first kappa shape index (κ1) is 23.7. The van der Waals surface area contributed by atoms with Gasteiger partial charge in [-0.15, -0.1) is 0 Å². The number of nitrogens with zero attached hydrogens (tertiary/aromatic N) is 6. The second-order valence-electron chi connectivity index (χ2n) is 8.33. The number of rotatable bonds is 4. The van der Waals surface area contributed by atoms with E-state index in [2.05, 4.69) is 15.0 Å². The van der Waals surface area contributed by atoms with E-state index in [1.807, 2.05) is 17.9 Å². The summed E-state index contributed by atoms with van der Waals surface area (Å²) in [5, 5.41) is 0.308. The van der Waals surface area contributed by atoms with Crippen LogP contribution in [-0.4, -0.2) is 56.9 Å². The molecule has 3 aromatic heterocycles. The monoisotopic (exact) mass is 506 g/mol. The second kappa shape index (κ2) is 9.94. The minimum absolute atomic E-state index is 0.0157. The predicted octanol–water partition coefficient (Wildman–Crippen LogP) is 4.80. The highest BCUT2D eigenvalue weighted by atomic mass is 35.5. The fraction of sp³-hybridized carbons (Fsp3) is 0.192. The van der Waals surface area contributed by atoms with Gasteiger partial charge >= 0.3 is 0 Å². The Kier molecular flexibility index (Phi) is 6.56. The van der Waals surface area contributed by atoms with Crippen molar-refractivity contribution >= 4 is 23.3 Å². The molecule has 1 aromatic carbocycles. The van der Waals surface area contributed by atoms with Crippen molar-refractivity contribution in [2.75, 3.05) is 31.1 Å². The molecule has 182 valence electrons. The van der Waals surface area contributed by atoms with Crippen molar-refractivity contribution < 1.29 is 13.6 Å². The van der Waals surface area contributed by atoms with E-state index < -0.39 is 11.6 Å². The van der Waals surface area contributed by atoms with Crippen molar-refractivity contribution in [1.29, 1.82) is 0 Å². The summed E-state index contributed by atoms with van der Waals surface area (Å²) < 4.78 is 28.7. The number of aryl methyl sites for hydroxylation is 1. The summed E-state index contributed by atoms with van der Waals surface area (Å²) in [4.78, 5) is 34.2. The van der Waals surface area contributed by atoms with Gasteiger partial charge in [0.2, 0.25) is 0 Å². The van der Waals surface area contributed by atoms with Crippen molar-refractivity contribution in [1.82, 2.24) is 24.8 Å². The van der Waals surface area contributed by atoms with Gasteiger partial charge in [0.1, 0.15) is 17.2 Å². The largest absolute Gasteiger partial charge is 0.352 e. The summed E-state index contributed by atoms with van der Waals surface area (Å²) in [6, 6.07) is 9.23. The zero-order chi connectivity index (χ0) is 25.2. The van der Waals surface area contributed by atoms with E-state index in [1.165, 1.54) is 24.5 Å². The minimum Gasteiger partial charge on any atom is -0.352 e. The zero-order valence-electron chi connectivity index (χ0n) is 19.3. The van der Waals surface area contributed by atoms with Gasteiger partial charge in [0.15, 0.2) is 11.6 Å². The van der Waals surface area contributed by atoms with Crippen LogP contribution in [0.3, 0.4) is 0 Å². The predicted molar refractivity (Wildman–Crippen MR) is 133 cm³/mol. The van der Waals surface area contributed by atoms with Crippen LogP contribution in [0.1, 0.15) is 16.1 Å². The maximum absolute atomic E-state index is 14.7. The molecule has 1 amide bonds. The molecule has 0 spiro atoms. The van der Waals surface area contributed by atoms with E-state index >= 15 is 0 Å². The van der Waals surface area contributed by atoms with Gasteiger partial charge < -0.3 is 9.80 Å². The standard InChI is InChI=1S/C26H21ClF2N6O/c1-16-4-3-8-31-23(16)26(36)35-12-10-34(11-13-35)21-15-32-24(18-5-2-6-20(28)22(18)29)25(33-21)17-7-9-30-14-19(17)27/h2-9,14-15H,10-13H2,1H3. The van der Waals surface area contributed by atoms with Crippen LogP contribution >= 0.6 is 11.6 Å². The third-order valence-electron chi connectivity index (χ3n) is 6.10. The molecule has 0 atom stereocenters. The van der Waals surface area contributed by atoms with E-state index in [9.17, 15) is 13.6 Å². The van der Waals surface area contributed by atoms with Crippen LogP contribution in [0, 0.1) is 18.6 Å². The van der Waals surface area contributed by atoms with Crippen molar-refractivity contribution in [2.24, 2.45) is 0 Å². The van der Waals surface area contributed by atoms with Gasteiger partial charge in [-0.3, -0.25) is 14.8 Å². The number of amides is 1. The Bertz CT molecular complexity index is 1440. The molecule has 4 heterocycles. The lowest BCUT2D eigenvalue weighted by Gasteiger charge is -2.35. The maximum Gasteiger partial charge on any atom is 0.272 e. The Morgan fingerprint density at radius 3 is 2.47 bits per heavy atom. The van der Waals surface area contributed by atoms with Crippen molar-refractivity contribution in [2.45, 2.75) is 6.92 Å². The van der Waals surface area contributed by atoms with Gasteiger partial charge in [-0.1, -0.05) is 23.7 Å². The summed E-state index contributed by atoms with van der Waals surface area (Å²) in [6.45, 7) is 3.85. The number of benzene rings is 1. The minimum atomic E-state index is -1.01. The average Bonchev–Trinajstić information content (AvgIpc) is 2.90. The Balaban J connectivity index is 1.46. The number of carbonyl (C=O) groups is 1. The molecular formula is C26H21ClF2N6O. The molecule has 7 nitrogen and oxygen atoms in total. The quantitative estimate of drug-likeness (QED) is 0.396. The normalized spacial score (nSPS) is 13.7. The molecule has 0 N–H and O–H groups in total. The van der Waals surface area contributed by atoms with E-state index in [1.54, 1.807) is 29.4 Å². The van der Waals surface area contributed by atoms with Gasteiger partial charge in [-0.25, -0.2) is 18.7 Å². The van der Waals surface area contributed by atoms with E-state index in [-0.39, 0.29) is 17.2 Å². The first-order valence-corrected chi connectivity index (χ1v) is 11.7. The molecule has 0 saturated carbocycles. The maximum atomic E-state index is 14.7. The van der Waals surface area contributed by atoms with E-state index in [0.717, 1.165) is 11.6 Å². The van der Waals surface area contributed by atoms with Crippen LogP contribution in [0.4, 0.5) is 14.6 Å². The SMILES string of the molecule is Cc1cccnc1C(=O)N1CCN(c2cnc(-c3cccc(F)c3F)c(-c3ccncc3Cl)n2)CC1. The van der Waals surface area contributed by atoms with Crippen LogP contribution in [0.2, 0.25) is 5.02 Å². The molecule has 36 heavy (non-hydrogen) atoms. The first-order valence-electron chi connectivity index (χ1n) is 11.3. The van der Waals surface area contributed by atoms with Crippen LogP contribution in [-0.2, 0) is 0 Å². The Hall–Kier alpha value is -3.98. The van der Waals surface area contributed by atoms with Gasteiger partial charge in [-0.05, 0) is 36.8 Å². The molecule has 0 bridgehead atoms. The molecule has 0 unspecified atom stereocenters. The highest BCUT2D eigenvalue weighted by Crippen LogP contribution is 2.35. The lowest BCUT2D eigenvalue weighted by molar-refractivity contribution is 0.0740. The first-order chi connectivity index (χ1) is 17.4. The summed E-state index contributed by atoms with van der Waals surface area (Å²) in [5.74, 6) is -1.56. The van der Waals surface area contributed by atoms with Gasteiger partial charge in [0, 0.05) is 55.9 Å². The molecule has 4 aromatic rings. The van der Waals surface area contributed by atoms with Crippen molar-refractivity contribution in [3.8, 4) is 22.5 Å². The molecule has 0 aliphatic carbocycles. The Morgan fingerprint density at radius 1 is 0.917 bits per heavy atom. The molecule has 1 saturated heterocycles. The topological polar surface area (TPSA) is 75.1 Å². The smallest absolute Gasteiger partial charge is 0.272 e. The number of carbonyl (C=O) groups excluding carboxylic acids is 1. The van der Waals surface area contributed by atoms with Crippen LogP contribution < -0.4 is 4.90 Å². The van der Waals surface area contributed by atoms with Crippen molar-refractivity contribution in [3.05, 3.63) is 89.1 Å². The zero-order valence-corrected chi connectivity index (χ0v) is 20.1. The van der Waals surface area contributed by atoms with Gasteiger partial charge in [0.25, 0.3) is 5.91 Å². The van der Waals surface area contributed by atoms with Gasteiger partial charge in [-0.2, -0.15) is 0 Å². The fourth-order valence-corrected chi connectivity index (χ4v) is 4.38. The fourth-order valence-electron chi connectivity index (χ4n) is 4.17. The van der Waals surface area contributed by atoms with Crippen molar-refractivity contribution in [3.63, 3.8) is 0 Å². The van der Waals surface area contributed by atoms with E-state index in [0.29, 0.717) is 54.0 Å². The molecule has 1 aliphatic heterocycles. The molecule has 10 heteroatoms. The van der Waals surface area contributed by atoms with E-state index in [4.69, 9.17) is 16.6 Å². The van der Waals surface area contributed by atoms with Crippen LogP contribution in [0.25, 0.3) is 22.5 Å². The van der Waals surface area contributed by atoms with Crippen LogP contribution in [0.15, 0.2) is 61.2 Å². The summed E-state index contributed by atoms with van der Waals surface area (Å²) in [5.41, 5.74) is 2.24. The number of hydrogen-bond donors (Lipinski definition) is 0. The van der Waals surface area contributed by atoms with Crippen LogP contribution in [0.5, 0.6) is 0 Å². The number of halogens is 3. The lowest BCUT2D eigenvalue weighted by atomic mass is 10.0. The number of hydrogen-bond acceptors (Lipinski definition) is 6. The number of aromatic nitrogens is 4. The third kappa shape index (κ3) is 4.49. The second-order valence-corrected chi connectivity index (χ2v) is 8.74. The number of pyridine rings is 2. The molecule has 1 fully saturated rings. The Labute approximate surface area is 211 Å². The van der Waals surface area contributed by atoms with Gasteiger partial charge in [0.05, 0.1) is 16.9 Å². The number of anilines is 1. The third-order valence-corrected chi connectivity index (χ3v) is 6.40. The molecule has 1 aliphatic rings.